The molecule has 2 aromatic carbocycles. The normalized spacial score (nSPS) is 23.7. The Morgan fingerprint density at radius 1 is 1.19 bits per heavy atom. The van der Waals surface area contributed by atoms with E-state index in [1.807, 2.05) is 6.07 Å². The van der Waals surface area contributed by atoms with Crippen molar-refractivity contribution < 1.29 is 23.2 Å². The molecule has 3 aliphatic heterocycles. The lowest BCUT2D eigenvalue weighted by Crippen LogP contribution is -2.54. The molecule has 2 aromatic rings. The number of urea groups is 1. The molecule has 0 saturated carbocycles. The number of carbonyl (C=O) groups excluding carboxylic acids is 3. The summed E-state index contributed by atoms with van der Waals surface area (Å²) in [4.78, 5) is 43.3. The van der Waals surface area contributed by atoms with E-state index in [0.29, 0.717) is 18.1 Å². The third-order valence-corrected chi connectivity index (χ3v) is 6.84. The first-order chi connectivity index (χ1) is 15.2. The molecular formula is C22H15ClF2N4O3. The minimum absolute atomic E-state index is 0.148. The van der Waals surface area contributed by atoms with Gasteiger partial charge in [0, 0.05) is 18.2 Å². The van der Waals surface area contributed by atoms with E-state index in [1.54, 1.807) is 6.92 Å². The number of benzene rings is 2. The lowest BCUT2D eigenvalue weighted by molar-refractivity contribution is -0.121. The Hall–Kier alpha value is -3.51. The summed E-state index contributed by atoms with van der Waals surface area (Å²) in [6.07, 6.45) is 0.409. The quantitative estimate of drug-likeness (QED) is 0.649. The second kappa shape index (κ2) is 7.00. The van der Waals surface area contributed by atoms with Gasteiger partial charge in [-0.2, -0.15) is 5.26 Å². The van der Waals surface area contributed by atoms with Gasteiger partial charge >= 0.3 is 6.03 Å². The molecule has 3 saturated heterocycles. The summed E-state index contributed by atoms with van der Waals surface area (Å²) in [5.41, 5.74) is 0.781. The molecule has 0 spiro atoms. The highest BCUT2D eigenvalue weighted by atomic mass is 35.5. The predicted octanol–water partition coefficient (Wildman–Crippen LogP) is 3.23. The van der Waals surface area contributed by atoms with Crippen LogP contribution < -0.4 is 4.90 Å². The molecule has 5 rings (SSSR count). The molecule has 0 N–H and O–H groups in total. The fourth-order valence-electron chi connectivity index (χ4n) is 4.96. The van der Waals surface area contributed by atoms with Gasteiger partial charge in [0.25, 0.3) is 11.8 Å². The number of nitrogens with zero attached hydrogens (tertiary/aromatic N) is 4. The molecule has 4 amide bonds. The number of carbonyl (C=O) groups is 3. The number of fused-ring (bicyclic) bond motifs is 5. The number of rotatable bonds is 2. The van der Waals surface area contributed by atoms with E-state index in [1.165, 1.54) is 21.9 Å². The van der Waals surface area contributed by atoms with Crippen LogP contribution in [-0.4, -0.2) is 52.3 Å². The highest BCUT2D eigenvalue weighted by Crippen LogP contribution is 2.44. The summed E-state index contributed by atoms with van der Waals surface area (Å²) in [5, 5.41) is 9.30. The summed E-state index contributed by atoms with van der Waals surface area (Å²) < 4.78 is 27.2. The summed E-state index contributed by atoms with van der Waals surface area (Å²) >= 11 is 6.22. The Morgan fingerprint density at radius 2 is 1.88 bits per heavy atom. The summed E-state index contributed by atoms with van der Waals surface area (Å²) in [6.45, 7) is 1.78. The van der Waals surface area contributed by atoms with Crippen molar-refractivity contribution in [2.45, 2.75) is 31.5 Å². The van der Waals surface area contributed by atoms with Crippen molar-refractivity contribution in [3.63, 3.8) is 0 Å². The zero-order valence-corrected chi connectivity index (χ0v) is 17.4. The molecule has 0 radical (unpaired) electrons. The number of hydrogen-bond acceptors (Lipinski definition) is 4. The van der Waals surface area contributed by atoms with Crippen LogP contribution in [0.5, 0.6) is 0 Å². The minimum Gasteiger partial charge on any atom is -0.331 e. The van der Waals surface area contributed by atoms with Gasteiger partial charge in [-0.3, -0.25) is 9.59 Å². The van der Waals surface area contributed by atoms with Gasteiger partial charge < -0.3 is 9.80 Å². The van der Waals surface area contributed by atoms with Crippen LogP contribution in [0.4, 0.5) is 19.3 Å². The zero-order chi connectivity index (χ0) is 22.9. The maximum atomic E-state index is 13.6. The predicted molar refractivity (Wildman–Crippen MR) is 109 cm³/mol. The maximum Gasteiger partial charge on any atom is 0.332 e. The lowest BCUT2D eigenvalue weighted by Gasteiger charge is -2.35. The molecular weight excluding hydrogens is 442 g/mol. The Bertz CT molecular complexity index is 1240. The molecule has 162 valence electrons. The molecule has 3 fully saturated rings. The van der Waals surface area contributed by atoms with Crippen molar-refractivity contribution in [2.75, 3.05) is 11.4 Å². The molecule has 7 nitrogen and oxygen atoms in total. The Morgan fingerprint density at radius 3 is 2.53 bits per heavy atom. The van der Waals surface area contributed by atoms with Gasteiger partial charge in [0.15, 0.2) is 0 Å². The van der Waals surface area contributed by atoms with Crippen molar-refractivity contribution in [2.24, 2.45) is 0 Å². The second-order valence-electron chi connectivity index (χ2n) is 8.06. The smallest absolute Gasteiger partial charge is 0.331 e. The average Bonchev–Trinajstić information content (AvgIpc) is 3.41. The van der Waals surface area contributed by atoms with Gasteiger partial charge in [-0.25, -0.2) is 18.5 Å². The summed E-state index contributed by atoms with van der Waals surface area (Å²) in [7, 11) is 0. The van der Waals surface area contributed by atoms with Crippen molar-refractivity contribution in [1.29, 1.82) is 5.26 Å². The fourth-order valence-corrected chi connectivity index (χ4v) is 5.16. The van der Waals surface area contributed by atoms with E-state index in [9.17, 15) is 23.2 Å². The van der Waals surface area contributed by atoms with Crippen LogP contribution >= 0.6 is 11.6 Å². The van der Waals surface area contributed by atoms with Crippen molar-refractivity contribution in [3.05, 3.63) is 63.7 Å². The first-order valence-electron chi connectivity index (χ1n) is 9.85. The molecule has 32 heavy (non-hydrogen) atoms. The number of likely N-dealkylation sites (tertiary alicyclic amines) is 1. The maximum absolute atomic E-state index is 13.6. The number of hydrogen-bond donors (Lipinski definition) is 0. The van der Waals surface area contributed by atoms with E-state index in [4.69, 9.17) is 16.9 Å². The topological polar surface area (TPSA) is 84.7 Å². The standard InChI is InChI=1S/C22H15ClF2N4O3/c1-10-16(3-2-11(8-26)18(10)23)29-21(31)19-17-7-15(28(19)22(29)32)9-27(17)20(30)12-4-13(24)6-14(25)5-12/h2-6,15,17,19H,7,9H2,1H3/t15-,17?,19-/m1/s1. The van der Waals surface area contributed by atoms with Gasteiger partial charge in [-0.05, 0) is 43.2 Å². The van der Waals surface area contributed by atoms with Crippen LogP contribution in [0, 0.1) is 29.9 Å². The Balaban J connectivity index is 1.47. The van der Waals surface area contributed by atoms with E-state index < -0.39 is 41.6 Å². The van der Waals surface area contributed by atoms with Gasteiger partial charge in [0.1, 0.15) is 23.7 Å². The van der Waals surface area contributed by atoms with Crippen LogP contribution in [0.15, 0.2) is 30.3 Å². The van der Waals surface area contributed by atoms with Gasteiger partial charge in [0.2, 0.25) is 0 Å². The number of amides is 4. The van der Waals surface area contributed by atoms with Crippen LogP contribution in [0.25, 0.3) is 0 Å². The molecule has 3 atom stereocenters. The van der Waals surface area contributed by atoms with Gasteiger partial charge in [-0.1, -0.05) is 11.6 Å². The van der Waals surface area contributed by atoms with Crippen molar-refractivity contribution >= 4 is 35.1 Å². The number of nitriles is 1. The first-order valence-corrected chi connectivity index (χ1v) is 10.2. The molecule has 0 aliphatic carbocycles. The SMILES string of the molecule is Cc1c(N2C(=O)[C@H]3C4C[C@H](CN4C(=O)c4cc(F)cc(F)c4)N3C2=O)ccc(C#N)c1Cl. The molecule has 0 aromatic heterocycles. The largest absolute Gasteiger partial charge is 0.332 e. The number of halogens is 3. The van der Waals surface area contributed by atoms with Gasteiger partial charge in [0.05, 0.1) is 28.4 Å². The second-order valence-corrected chi connectivity index (χ2v) is 8.44. The minimum atomic E-state index is -0.891. The van der Waals surface area contributed by atoms with Crippen LogP contribution in [-0.2, 0) is 4.79 Å². The zero-order valence-electron chi connectivity index (χ0n) is 16.7. The Kier molecular flexibility index (Phi) is 4.46. The van der Waals surface area contributed by atoms with Crippen LogP contribution in [0.2, 0.25) is 5.02 Å². The summed E-state index contributed by atoms with van der Waals surface area (Å²) in [6, 6.07) is 5.08. The summed E-state index contributed by atoms with van der Waals surface area (Å²) in [5.74, 6) is -2.84. The van der Waals surface area contributed by atoms with Crippen LogP contribution in [0.3, 0.4) is 0 Å². The van der Waals surface area contributed by atoms with Gasteiger partial charge in [-0.15, -0.1) is 0 Å². The number of piperazine rings is 1. The van der Waals surface area contributed by atoms with E-state index in [0.717, 1.165) is 17.0 Å². The van der Waals surface area contributed by atoms with Crippen molar-refractivity contribution in [1.82, 2.24) is 9.80 Å². The molecule has 3 aliphatic rings. The third-order valence-electron chi connectivity index (χ3n) is 6.35. The molecule has 3 heterocycles. The fraction of sp³-hybridized carbons (Fsp3) is 0.273. The third kappa shape index (κ3) is 2.72. The van der Waals surface area contributed by atoms with E-state index >= 15 is 0 Å². The highest BCUT2D eigenvalue weighted by Gasteiger charge is 2.63. The number of imide groups is 1. The lowest BCUT2D eigenvalue weighted by atomic mass is 10.1. The highest BCUT2D eigenvalue weighted by molar-refractivity contribution is 6.33. The average molecular weight is 457 g/mol. The Labute approximate surface area is 186 Å². The van der Waals surface area contributed by atoms with E-state index in [2.05, 4.69) is 0 Å². The number of anilines is 1. The molecule has 10 heteroatoms. The molecule has 1 unspecified atom stereocenters. The van der Waals surface area contributed by atoms with Crippen LogP contribution in [0.1, 0.15) is 27.9 Å². The molecule has 2 bridgehead atoms. The van der Waals surface area contributed by atoms with E-state index in [-0.39, 0.29) is 34.4 Å². The monoisotopic (exact) mass is 456 g/mol. The first kappa shape index (κ1) is 20.4. The van der Waals surface area contributed by atoms with Crippen molar-refractivity contribution in [3.8, 4) is 6.07 Å².